The van der Waals surface area contributed by atoms with E-state index in [1.165, 1.54) is 5.75 Å². The molecule has 13 heavy (non-hydrogen) atoms. The smallest absolute Gasteiger partial charge is 0.0894 e. The SMILES string of the molecule is C1=CSSC1.O[C@H](CS)[C@H](O)CS. The van der Waals surface area contributed by atoms with Crippen molar-refractivity contribution >= 4 is 46.8 Å². The third-order valence-corrected chi connectivity index (χ3v) is 3.87. The van der Waals surface area contributed by atoms with Gasteiger partial charge in [-0.25, -0.2) is 0 Å². The lowest BCUT2D eigenvalue weighted by Gasteiger charge is -2.11. The minimum atomic E-state index is -0.740. The zero-order valence-electron chi connectivity index (χ0n) is 7.04. The summed E-state index contributed by atoms with van der Waals surface area (Å²) < 4.78 is 0. The molecule has 2 nitrogen and oxygen atoms in total. The van der Waals surface area contributed by atoms with Gasteiger partial charge in [0.2, 0.25) is 0 Å². The minimum Gasteiger partial charge on any atom is -0.390 e. The number of aliphatic hydroxyl groups is 2. The predicted octanol–water partition coefficient (Wildman–Crippen LogP) is 1.46. The maximum absolute atomic E-state index is 8.75. The lowest BCUT2D eigenvalue weighted by atomic mass is 10.3. The lowest BCUT2D eigenvalue weighted by molar-refractivity contribution is 0.0504. The highest BCUT2D eigenvalue weighted by Crippen LogP contribution is 2.27. The Morgan fingerprint density at radius 2 is 1.77 bits per heavy atom. The van der Waals surface area contributed by atoms with Gasteiger partial charge in [0.25, 0.3) is 0 Å². The molecule has 0 radical (unpaired) electrons. The van der Waals surface area contributed by atoms with Gasteiger partial charge >= 0.3 is 0 Å². The van der Waals surface area contributed by atoms with E-state index in [1.807, 2.05) is 21.6 Å². The molecule has 1 rings (SSSR count). The van der Waals surface area contributed by atoms with Crippen molar-refractivity contribution in [3.05, 3.63) is 11.5 Å². The second kappa shape index (κ2) is 9.61. The minimum absolute atomic E-state index is 0.279. The van der Waals surface area contributed by atoms with Crippen LogP contribution in [0.3, 0.4) is 0 Å². The van der Waals surface area contributed by atoms with E-state index in [1.54, 1.807) is 0 Å². The Bertz CT molecular complexity index is 128. The summed E-state index contributed by atoms with van der Waals surface area (Å²) in [6.07, 6.45) is 0.682. The van der Waals surface area contributed by atoms with E-state index in [4.69, 9.17) is 10.2 Å². The molecule has 6 heteroatoms. The highest BCUT2D eigenvalue weighted by Gasteiger charge is 2.10. The van der Waals surface area contributed by atoms with Gasteiger partial charge in [-0.3, -0.25) is 0 Å². The molecule has 0 amide bonds. The Hall–Kier alpha value is 1.06. The highest BCUT2D eigenvalue weighted by atomic mass is 33.1. The molecule has 0 fully saturated rings. The second-order valence-electron chi connectivity index (χ2n) is 2.25. The van der Waals surface area contributed by atoms with E-state index in [0.29, 0.717) is 0 Å². The number of rotatable bonds is 3. The molecule has 0 aromatic heterocycles. The maximum atomic E-state index is 8.75. The molecular formula is C7H14O2S4. The van der Waals surface area contributed by atoms with Crippen LogP contribution in [-0.2, 0) is 0 Å². The molecule has 1 heterocycles. The largest absolute Gasteiger partial charge is 0.390 e. The molecule has 0 spiro atoms. The highest BCUT2D eigenvalue weighted by molar-refractivity contribution is 8.78. The van der Waals surface area contributed by atoms with Gasteiger partial charge < -0.3 is 10.2 Å². The third kappa shape index (κ3) is 8.08. The molecule has 1 aliphatic heterocycles. The number of hydrogen-bond acceptors (Lipinski definition) is 6. The molecule has 0 saturated carbocycles. The zero-order chi connectivity index (χ0) is 10.1. The molecule has 0 unspecified atom stereocenters. The van der Waals surface area contributed by atoms with Crippen molar-refractivity contribution in [2.24, 2.45) is 0 Å². The van der Waals surface area contributed by atoms with Crippen LogP contribution in [0, 0.1) is 0 Å². The van der Waals surface area contributed by atoms with Gasteiger partial charge in [-0.2, -0.15) is 25.3 Å². The first-order valence-corrected chi connectivity index (χ1v) is 7.38. The Balaban J connectivity index is 0.000000243. The first-order valence-electron chi connectivity index (χ1n) is 3.73. The number of aliphatic hydroxyl groups excluding tert-OH is 2. The third-order valence-electron chi connectivity index (χ3n) is 1.20. The van der Waals surface area contributed by atoms with Crippen LogP contribution in [0.4, 0.5) is 0 Å². The van der Waals surface area contributed by atoms with Crippen LogP contribution in [0.1, 0.15) is 0 Å². The van der Waals surface area contributed by atoms with Crippen molar-refractivity contribution < 1.29 is 10.2 Å². The van der Waals surface area contributed by atoms with E-state index < -0.39 is 12.2 Å². The molecule has 2 atom stereocenters. The fraction of sp³-hybridized carbons (Fsp3) is 0.714. The van der Waals surface area contributed by atoms with E-state index in [2.05, 4.69) is 36.7 Å². The van der Waals surface area contributed by atoms with Gasteiger partial charge in [0.05, 0.1) is 12.2 Å². The van der Waals surface area contributed by atoms with E-state index in [9.17, 15) is 0 Å². The monoisotopic (exact) mass is 258 g/mol. The summed E-state index contributed by atoms with van der Waals surface area (Å²) in [5.41, 5.74) is 0. The van der Waals surface area contributed by atoms with Crippen LogP contribution in [0.2, 0.25) is 0 Å². The maximum Gasteiger partial charge on any atom is 0.0894 e. The molecule has 0 saturated heterocycles. The van der Waals surface area contributed by atoms with Crippen molar-refractivity contribution in [1.29, 1.82) is 0 Å². The standard InChI is InChI=1S/C4H10O2S2.C3H4S2/c5-3(1-7)4(6)2-8;1-2-4-5-3-1/h3-8H,1-2H2;1-2H,3H2/t3-,4-;/m1./s1. The lowest BCUT2D eigenvalue weighted by Crippen LogP contribution is -2.28. The molecule has 0 aromatic carbocycles. The summed E-state index contributed by atoms with van der Waals surface area (Å²) in [6, 6.07) is 0. The normalized spacial score (nSPS) is 19.1. The molecule has 2 N–H and O–H groups in total. The average molecular weight is 258 g/mol. The first-order chi connectivity index (χ1) is 6.22. The summed E-state index contributed by atoms with van der Waals surface area (Å²) in [7, 11) is 3.69. The summed E-state index contributed by atoms with van der Waals surface area (Å²) in [4.78, 5) is 0. The molecular weight excluding hydrogens is 244 g/mol. The average Bonchev–Trinajstić information content (AvgIpc) is 2.73. The molecule has 78 valence electrons. The van der Waals surface area contributed by atoms with Gasteiger partial charge in [-0.05, 0) is 5.41 Å². The fourth-order valence-corrected chi connectivity index (χ4v) is 2.50. The van der Waals surface area contributed by atoms with Crippen molar-refractivity contribution in [2.45, 2.75) is 12.2 Å². The van der Waals surface area contributed by atoms with Crippen LogP contribution in [-0.4, -0.2) is 39.7 Å². The summed E-state index contributed by atoms with van der Waals surface area (Å²) in [5.74, 6) is 1.76. The van der Waals surface area contributed by atoms with Crippen LogP contribution in [0.15, 0.2) is 11.5 Å². The van der Waals surface area contributed by atoms with Crippen LogP contribution >= 0.6 is 46.8 Å². The van der Waals surface area contributed by atoms with Crippen LogP contribution < -0.4 is 0 Å². The molecule has 0 bridgehead atoms. The molecule has 0 aliphatic carbocycles. The number of hydrogen-bond donors (Lipinski definition) is 4. The van der Waals surface area contributed by atoms with Crippen molar-refractivity contribution in [2.75, 3.05) is 17.3 Å². The summed E-state index contributed by atoms with van der Waals surface area (Å²) in [6.45, 7) is 0. The van der Waals surface area contributed by atoms with Gasteiger partial charge in [0.15, 0.2) is 0 Å². The number of thiol groups is 2. The van der Waals surface area contributed by atoms with Gasteiger partial charge in [0.1, 0.15) is 0 Å². The zero-order valence-corrected chi connectivity index (χ0v) is 10.5. The Morgan fingerprint density at radius 3 is 1.92 bits per heavy atom. The predicted molar refractivity (Wildman–Crippen MR) is 68.9 cm³/mol. The van der Waals surface area contributed by atoms with Crippen molar-refractivity contribution in [1.82, 2.24) is 0 Å². The summed E-state index contributed by atoms with van der Waals surface area (Å²) >= 11 is 7.53. The Morgan fingerprint density at radius 1 is 1.23 bits per heavy atom. The Kier molecular flexibility index (Phi) is 10.4. The van der Waals surface area contributed by atoms with Crippen LogP contribution in [0.5, 0.6) is 0 Å². The van der Waals surface area contributed by atoms with Crippen LogP contribution in [0.25, 0.3) is 0 Å². The van der Waals surface area contributed by atoms with Gasteiger partial charge in [-0.15, -0.1) is 0 Å². The first kappa shape index (κ1) is 14.1. The van der Waals surface area contributed by atoms with Crippen molar-refractivity contribution in [3.8, 4) is 0 Å². The van der Waals surface area contributed by atoms with E-state index in [-0.39, 0.29) is 11.5 Å². The topological polar surface area (TPSA) is 40.5 Å². The quantitative estimate of drug-likeness (QED) is 0.457. The second-order valence-corrected chi connectivity index (χ2v) is 5.30. The van der Waals surface area contributed by atoms with Gasteiger partial charge in [-0.1, -0.05) is 27.7 Å². The van der Waals surface area contributed by atoms with Crippen molar-refractivity contribution in [3.63, 3.8) is 0 Å². The summed E-state index contributed by atoms with van der Waals surface area (Å²) in [5, 5.41) is 19.6. The fourth-order valence-electron chi connectivity index (χ4n) is 0.440. The Labute approximate surface area is 97.8 Å². The van der Waals surface area contributed by atoms with E-state index >= 15 is 0 Å². The molecule has 0 aromatic rings. The van der Waals surface area contributed by atoms with E-state index in [0.717, 1.165) is 0 Å². The van der Waals surface area contributed by atoms with Gasteiger partial charge in [0, 0.05) is 17.3 Å². The molecule has 1 aliphatic rings.